The molecule has 1 aliphatic carbocycles. The van der Waals surface area contributed by atoms with Gasteiger partial charge in [-0.25, -0.2) is 0 Å². The molecule has 0 spiro atoms. The molecule has 2 rings (SSSR count). The Morgan fingerprint density at radius 1 is 1.20 bits per heavy atom. The Kier molecular flexibility index (Phi) is 6.01. The zero-order valence-electron chi connectivity index (χ0n) is 11.2. The van der Waals surface area contributed by atoms with Gasteiger partial charge in [0.05, 0.1) is 15.6 Å². The highest BCUT2D eigenvalue weighted by atomic mass is 35.5. The zero-order chi connectivity index (χ0) is 14.5. The maximum absolute atomic E-state index is 12.2. The zero-order valence-corrected chi connectivity index (χ0v) is 13.4. The van der Waals surface area contributed by atoms with E-state index in [1.165, 1.54) is 12.8 Å². The van der Waals surface area contributed by atoms with Crippen molar-refractivity contribution >= 4 is 40.7 Å². The highest BCUT2D eigenvalue weighted by Gasteiger charge is 2.25. The Morgan fingerprint density at radius 2 is 1.90 bits per heavy atom. The fourth-order valence-electron chi connectivity index (χ4n) is 2.75. The van der Waals surface area contributed by atoms with Crippen molar-refractivity contribution in [2.45, 2.75) is 25.7 Å². The fourth-order valence-corrected chi connectivity index (χ4v) is 3.55. The van der Waals surface area contributed by atoms with Crippen LogP contribution in [-0.4, -0.2) is 18.3 Å². The van der Waals surface area contributed by atoms with Crippen LogP contribution >= 0.6 is 34.8 Å². The lowest BCUT2D eigenvalue weighted by atomic mass is 9.80. The van der Waals surface area contributed by atoms with Crippen molar-refractivity contribution in [2.75, 3.05) is 12.4 Å². The van der Waals surface area contributed by atoms with Gasteiger partial charge in [-0.1, -0.05) is 42.1 Å². The summed E-state index contributed by atoms with van der Waals surface area (Å²) in [6.07, 6.45) is 4.73. The Balaban J connectivity index is 1.96. The van der Waals surface area contributed by atoms with Crippen molar-refractivity contribution in [1.82, 2.24) is 5.32 Å². The van der Waals surface area contributed by atoms with E-state index in [2.05, 4.69) is 5.32 Å². The van der Waals surface area contributed by atoms with Gasteiger partial charge in [0.2, 0.25) is 0 Å². The molecule has 110 valence electrons. The minimum Gasteiger partial charge on any atom is -0.352 e. The second-order valence-corrected chi connectivity index (χ2v) is 6.36. The van der Waals surface area contributed by atoms with Crippen LogP contribution in [0.5, 0.6) is 0 Å². The van der Waals surface area contributed by atoms with Crippen LogP contribution < -0.4 is 5.32 Å². The summed E-state index contributed by atoms with van der Waals surface area (Å²) in [6.45, 7) is 0.652. The second-order valence-electron chi connectivity index (χ2n) is 5.27. The first-order chi connectivity index (χ1) is 9.63. The molecule has 20 heavy (non-hydrogen) atoms. The molecule has 1 amide bonds. The highest BCUT2D eigenvalue weighted by Crippen LogP contribution is 2.30. The van der Waals surface area contributed by atoms with Crippen molar-refractivity contribution in [1.29, 1.82) is 0 Å². The SMILES string of the molecule is O=C(NCC1CCCCC1CCl)c1cccc(Cl)c1Cl. The maximum atomic E-state index is 12.2. The van der Waals surface area contributed by atoms with E-state index in [0.717, 1.165) is 12.8 Å². The van der Waals surface area contributed by atoms with Crippen molar-refractivity contribution < 1.29 is 4.79 Å². The first-order valence-electron chi connectivity index (χ1n) is 6.91. The molecule has 0 aromatic heterocycles. The standard InChI is InChI=1S/C15H18Cl3NO/c16-8-10-4-1-2-5-11(10)9-19-15(20)12-6-3-7-13(17)14(12)18/h3,6-7,10-11H,1-2,4-5,8-9H2,(H,19,20). The van der Waals surface area contributed by atoms with Crippen molar-refractivity contribution in [3.63, 3.8) is 0 Å². The number of carbonyl (C=O) groups excluding carboxylic acids is 1. The molecule has 1 fully saturated rings. The number of halogens is 3. The lowest BCUT2D eigenvalue weighted by Crippen LogP contribution is -2.35. The molecule has 0 radical (unpaired) electrons. The molecule has 1 N–H and O–H groups in total. The molecule has 2 nitrogen and oxygen atoms in total. The molecule has 1 aromatic carbocycles. The quantitative estimate of drug-likeness (QED) is 0.790. The van der Waals surface area contributed by atoms with Crippen LogP contribution in [0.3, 0.4) is 0 Å². The van der Waals surface area contributed by atoms with Gasteiger partial charge in [-0.05, 0) is 36.8 Å². The second kappa shape index (κ2) is 7.53. The minimum atomic E-state index is -0.170. The molecule has 0 heterocycles. The number of alkyl halides is 1. The third-order valence-corrected chi connectivity index (χ3v) is 5.20. The van der Waals surface area contributed by atoms with Gasteiger partial charge in [0.25, 0.3) is 5.91 Å². The van der Waals surface area contributed by atoms with E-state index in [0.29, 0.717) is 39.9 Å². The first kappa shape index (κ1) is 15.9. The average Bonchev–Trinajstić information content (AvgIpc) is 2.48. The Morgan fingerprint density at radius 3 is 2.60 bits per heavy atom. The van der Waals surface area contributed by atoms with Gasteiger partial charge >= 0.3 is 0 Å². The van der Waals surface area contributed by atoms with Crippen molar-refractivity contribution in [3.05, 3.63) is 33.8 Å². The monoisotopic (exact) mass is 333 g/mol. The summed E-state index contributed by atoms with van der Waals surface area (Å²) in [6, 6.07) is 5.08. The van der Waals surface area contributed by atoms with E-state index in [1.54, 1.807) is 18.2 Å². The Bertz CT molecular complexity index is 478. The normalized spacial score (nSPS) is 22.6. The summed E-state index contributed by atoms with van der Waals surface area (Å²) in [5, 5.41) is 3.67. The predicted octanol–water partition coefficient (Wildman–Crippen LogP) is 4.77. The number of nitrogens with one attached hydrogen (secondary N) is 1. The molecule has 1 aromatic rings. The number of hydrogen-bond donors (Lipinski definition) is 1. The molecule has 1 saturated carbocycles. The number of carbonyl (C=O) groups is 1. The first-order valence-corrected chi connectivity index (χ1v) is 8.20. The summed E-state index contributed by atoms with van der Waals surface area (Å²) < 4.78 is 0. The largest absolute Gasteiger partial charge is 0.352 e. The van der Waals surface area contributed by atoms with Crippen LogP contribution in [0.2, 0.25) is 10.0 Å². The van der Waals surface area contributed by atoms with E-state index in [4.69, 9.17) is 34.8 Å². The van der Waals surface area contributed by atoms with E-state index in [1.807, 2.05) is 0 Å². The third-order valence-electron chi connectivity index (χ3n) is 3.99. The van der Waals surface area contributed by atoms with Gasteiger partial charge in [-0.15, -0.1) is 11.6 Å². The van der Waals surface area contributed by atoms with Crippen molar-refractivity contribution in [2.24, 2.45) is 11.8 Å². The summed E-state index contributed by atoms with van der Waals surface area (Å²) in [4.78, 5) is 12.2. The Hall–Kier alpha value is -0.440. The van der Waals surface area contributed by atoms with E-state index in [9.17, 15) is 4.79 Å². The molecule has 2 unspecified atom stereocenters. The fraction of sp³-hybridized carbons (Fsp3) is 0.533. The highest BCUT2D eigenvalue weighted by molar-refractivity contribution is 6.43. The molecular weight excluding hydrogens is 317 g/mol. The lowest BCUT2D eigenvalue weighted by molar-refractivity contribution is 0.0937. The smallest absolute Gasteiger partial charge is 0.252 e. The van der Waals surface area contributed by atoms with Crippen LogP contribution in [-0.2, 0) is 0 Å². The van der Waals surface area contributed by atoms with Crippen molar-refractivity contribution in [3.8, 4) is 0 Å². The predicted molar refractivity (Wildman–Crippen MR) is 85.0 cm³/mol. The van der Waals surface area contributed by atoms with Gasteiger partial charge in [0, 0.05) is 12.4 Å². The van der Waals surface area contributed by atoms with Crippen LogP contribution in [0.1, 0.15) is 36.0 Å². The minimum absolute atomic E-state index is 0.170. The van der Waals surface area contributed by atoms with E-state index in [-0.39, 0.29) is 5.91 Å². The number of benzene rings is 1. The van der Waals surface area contributed by atoms with Gasteiger partial charge < -0.3 is 5.32 Å². The van der Waals surface area contributed by atoms with Crippen LogP contribution in [0.4, 0.5) is 0 Å². The number of hydrogen-bond acceptors (Lipinski definition) is 1. The number of amides is 1. The average molecular weight is 335 g/mol. The maximum Gasteiger partial charge on any atom is 0.252 e. The Labute approximate surface area is 134 Å². The van der Waals surface area contributed by atoms with Gasteiger partial charge in [0.1, 0.15) is 0 Å². The molecule has 0 bridgehead atoms. The summed E-state index contributed by atoms with van der Waals surface area (Å²) in [7, 11) is 0. The molecule has 1 aliphatic rings. The molecule has 0 aliphatic heterocycles. The van der Waals surface area contributed by atoms with E-state index < -0.39 is 0 Å². The topological polar surface area (TPSA) is 29.1 Å². The molecule has 2 atom stereocenters. The number of rotatable bonds is 4. The lowest BCUT2D eigenvalue weighted by Gasteiger charge is -2.30. The van der Waals surface area contributed by atoms with Crippen LogP contribution in [0, 0.1) is 11.8 Å². The van der Waals surface area contributed by atoms with Gasteiger partial charge in [-0.2, -0.15) is 0 Å². The van der Waals surface area contributed by atoms with Crippen LogP contribution in [0.15, 0.2) is 18.2 Å². The van der Waals surface area contributed by atoms with Gasteiger partial charge in [0.15, 0.2) is 0 Å². The van der Waals surface area contributed by atoms with Crippen LogP contribution in [0.25, 0.3) is 0 Å². The summed E-state index contributed by atoms with van der Waals surface area (Å²) in [5.74, 6) is 1.46. The molecular formula is C15H18Cl3NO. The van der Waals surface area contributed by atoms with Gasteiger partial charge in [-0.3, -0.25) is 4.79 Å². The van der Waals surface area contributed by atoms with E-state index >= 15 is 0 Å². The summed E-state index contributed by atoms with van der Waals surface area (Å²) in [5.41, 5.74) is 0.428. The molecule has 0 saturated heterocycles. The molecule has 5 heteroatoms. The summed E-state index contributed by atoms with van der Waals surface area (Å²) >= 11 is 18.0. The third kappa shape index (κ3) is 3.81.